The Morgan fingerprint density at radius 1 is 1.37 bits per heavy atom. The number of carbonyl (C=O) groups excluding carboxylic acids is 1. The van der Waals surface area contributed by atoms with E-state index in [1.807, 2.05) is 0 Å². The first-order chi connectivity index (χ1) is 8.36. The van der Waals surface area contributed by atoms with Crippen molar-refractivity contribution >= 4 is 27.4 Å². The molecule has 1 unspecified atom stereocenters. The zero-order valence-corrected chi connectivity index (χ0v) is 13.5. The van der Waals surface area contributed by atoms with Gasteiger partial charge in [-0.1, -0.05) is 11.6 Å². The van der Waals surface area contributed by atoms with E-state index in [4.69, 9.17) is 22.1 Å². The maximum Gasteiger partial charge on any atom is 0.308 e. The lowest BCUT2D eigenvalue weighted by atomic mass is 10.2. The van der Waals surface area contributed by atoms with Crippen LogP contribution in [0.3, 0.4) is 0 Å². The van der Waals surface area contributed by atoms with Crippen LogP contribution >= 0.6 is 11.6 Å². The van der Waals surface area contributed by atoms with Crippen molar-refractivity contribution in [2.75, 3.05) is 0 Å². The van der Waals surface area contributed by atoms with Gasteiger partial charge in [0.15, 0.2) is 9.84 Å². The molecule has 0 heterocycles. The fourth-order valence-electron chi connectivity index (χ4n) is 1.12. The average molecular weight is 312 g/mol. The van der Waals surface area contributed by atoms with Crippen LogP contribution in [0.4, 0.5) is 0 Å². The van der Waals surface area contributed by atoms with Gasteiger partial charge >= 0.3 is 5.97 Å². The van der Waals surface area contributed by atoms with Crippen molar-refractivity contribution in [3.05, 3.63) is 10.4 Å². The van der Waals surface area contributed by atoms with Gasteiger partial charge in [-0.15, -0.1) is 0 Å². The first kappa shape index (κ1) is 18.4. The lowest BCUT2D eigenvalue weighted by Crippen LogP contribution is -2.29. The number of hydrogen-bond donors (Lipinski definition) is 1. The normalized spacial score (nSPS) is 15.5. The van der Waals surface area contributed by atoms with Crippen LogP contribution in [0.2, 0.25) is 0 Å². The maximum absolute atomic E-state index is 11.7. The highest BCUT2D eigenvalue weighted by molar-refractivity contribution is 7.97. The third-order valence-corrected chi connectivity index (χ3v) is 4.75. The summed E-state index contributed by atoms with van der Waals surface area (Å²) in [7, 11) is -3.55. The highest BCUT2D eigenvalue weighted by Gasteiger charge is 2.23. The smallest absolute Gasteiger partial charge is 0.308 e. The fraction of sp³-hybridized carbons (Fsp3) is 0.750. The van der Waals surface area contributed by atoms with E-state index >= 15 is 0 Å². The molecule has 0 aliphatic heterocycles. The number of hydrogen-bond acceptors (Lipinski definition) is 5. The van der Waals surface area contributed by atoms with E-state index in [2.05, 4.69) is 0 Å². The predicted octanol–water partition coefficient (Wildman–Crippen LogP) is 1.95. The number of rotatable bonds is 5. The number of ether oxygens (including phenoxy) is 1. The molecule has 2 N–H and O–H groups in total. The molecular weight excluding hydrogens is 290 g/mol. The Hall–Kier alpha value is -0.590. The van der Waals surface area contributed by atoms with E-state index in [9.17, 15) is 13.2 Å². The number of esters is 1. The standard InChI is InChI=1S/C12H22ClNO4S/c1-8(2)19(16,17)10(13)6-9(14)7-11(15)18-12(3,4)5/h6,8-9H,7,14H2,1-5H3. The molecule has 0 bridgehead atoms. The van der Waals surface area contributed by atoms with Crippen molar-refractivity contribution in [3.8, 4) is 0 Å². The van der Waals surface area contributed by atoms with Crippen LogP contribution in [0.5, 0.6) is 0 Å². The van der Waals surface area contributed by atoms with Gasteiger partial charge in [-0.25, -0.2) is 8.42 Å². The first-order valence-corrected chi connectivity index (χ1v) is 7.87. The van der Waals surface area contributed by atoms with Crippen molar-refractivity contribution in [1.29, 1.82) is 0 Å². The summed E-state index contributed by atoms with van der Waals surface area (Å²) in [6.07, 6.45) is 1.04. The molecule has 0 amide bonds. The van der Waals surface area contributed by atoms with Crippen LogP contribution in [0.25, 0.3) is 0 Å². The Kier molecular flexibility index (Phi) is 6.51. The number of carbonyl (C=O) groups is 1. The highest BCUT2D eigenvalue weighted by Crippen LogP contribution is 2.18. The molecule has 5 nitrogen and oxygen atoms in total. The summed E-state index contributed by atoms with van der Waals surface area (Å²) in [4.78, 5) is 11.5. The topological polar surface area (TPSA) is 86.5 Å². The molecule has 0 aromatic rings. The Morgan fingerprint density at radius 2 is 1.84 bits per heavy atom. The summed E-state index contributed by atoms with van der Waals surface area (Å²) in [6.45, 7) is 8.25. The summed E-state index contributed by atoms with van der Waals surface area (Å²) in [5, 5.41) is -0.634. The molecule has 0 fully saturated rings. The molecule has 0 spiro atoms. The van der Waals surface area contributed by atoms with Crippen molar-refractivity contribution in [3.63, 3.8) is 0 Å². The Bertz CT molecular complexity index is 449. The summed E-state index contributed by atoms with van der Waals surface area (Å²) in [6, 6.07) is -0.795. The molecule has 1 atom stereocenters. The molecule has 0 aliphatic rings. The quantitative estimate of drug-likeness (QED) is 0.784. The van der Waals surface area contributed by atoms with Gasteiger partial charge in [-0.3, -0.25) is 4.79 Å². The van der Waals surface area contributed by atoms with E-state index in [1.54, 1.807) is 20.8 Å². The molecule has 0 rings (SSSR count). The second kappa shape index (κ2) is 6.72. The third kappa shape index (κ3) is 6.94. The fourth-order valence-corrected chi connectivity index (χ4v) is 2.63. The molecular formula is C12H22ClNO4S. The van der Waals surface area contributed by atoms with E-state index in [1.165, 1.54) is 19.9 Å². The van der Waals surface area contributed by atoms with Gasteiger partial charge in [0.1, 0.15) is 9.97 Å². The van der Waals surface area contributed by atoms with Crippen molar-refractivity contribution < 1.29 is 17.9 Å². The van der Waals surface area contributed by atoms with Crippen LogP contribution < -0.4 is 5.73 Å². The Morgan fingerprint density at radius 3 is 2.21 bits per heavy atom. The monoisotopic (exact) mass is 311 g/mol. The van der Waals surface area contributed by atoms with Crippen molar-refractivity contribution in [2.45, 2.75) is 57.9 Å². The lowest BCUT2D eigenvalue weighted by molar-refractivity contribution is -0.154. The third-order valence-electron chi connectivity index (χ3n) is 2.06. The minimum Gasteiger partial charge on any atom is -0.460 e. The zero-order valence-electron chi connectivity index (χ0n) is 11.9. The largest absolute Gasteiger partial charge is 0.460 e. The van der Waals surface area contributed by atoms with Crippen LogP contribution in [0.1, 0.15) is 41.0 Å². The van der Waals surface area contributed by atoms with Gasteiger partial charge in [-0.05, 0) is 40.7 Å². The molecule has 0 aromatic heterocycles. The molecule has 0 saturated carbocycles. The van der Waals surface area contributed by atoms with Gasteiger partial charge in [-0.2, -0.15) is 0 Å². The van der Waals surface area contributed by atoms with Gasteiger partial charge in [0.2, 0.25) is 0 Å². The number of halogens is 1. The molecule has 0 aromatic carbocycles. The molecule has 112 valence electrons. The zero-order chi connectivity index (χ0) is 15.4. The second-order valence-corrected chi connectivity index (χ2v) is 8.62. The molecule has 7 heteroatoms. The molecule has 0 saturated heterocycles. The van der Waals surface area contributed by atoms with Crippen LogP contribution in [0, 0.1) is 0 Å². The van der Waals surface area contributed by atoms with Crippen molar-refractivity contribution in [1.82, 2.24) is 0 Å². The molecule has 19 heavy (non-hydrogen) atoms. The maximum atomic E-state index is 11.7. The van der Waals surface area contributed by atoms with Crippen LogP contribution in [-0.4, -0.2) is 31.3 Å². The van der Waals surface area contributed by atoms with Crippen molar-refractivity contribution in [2.24, 2.45) is 5.73 Å². The van der Waals surface area contributed by atoms with Crippen LogP contribution in [0.15, 0.2) is 10.4 Å². The summed E-state index contributed by atoms with van der Waals surface area (Å²) in [5.41, 5.74) is 5.06. The van der Waals surface area contributed by atoms with Gasteiger partial charge in [0.05, 0.1) is 11.7 Å². The van der Waals surface area contributed by atoms with Gasteiger partial charge in [0.25, 0.3) is 0 Å². The lowest BCUT2D eigenvalue weighted by Gasteiger charge is -2.20. The van der Waals surface area contributed by atoms with E-state index in [0.717, 1.165) is 0 Å². The predicted molar refractivity (Wildman–Crippen MR) is 76.4 cm³/mol. The minimum absolute atomic E-state index is 0.124. The number of sulfone groups is 1. The Labute approximate surface area is 120 Å². The summed E-state index contributed by atoms with van der Waals surface area (Å²) < 4.78 is 28.2. The molecule has 0 aliphatic carbocycles. The highest BCUT2D eigenvalue weighted by atomic mass is 35.5. The Balaban J connectivity index is 4.71. The second-order valence-electron chi connectivity index (χ2n) is 5.52. The van der Waals surface area contributed by atoms with E-state index in [-0.39, 0.29) is 10.8 Å². The molecule has 0 radical (unpaired) electrons. The van der Waals surface area contributed by atoms with Gasteiger partial charge < -0.3 is 10.5 Å². The van der Waals surface area contributed by atoms with E-state index < -0.39 is 32.7 Å². The van der Waals surface area contributed by atoms with Crippen LogP contribution in [-0.2, 0) is 19.4 Å². The average Bonchev–Trinajstić information content (AvgIpc) is 2.12. The van der Waals surface area contributed by atoms with Gasteiger partial charge in [0, 0.05) is 6.04 Å². The summed E-state index contributed by atoms with van der Waals surface area (Å²) in [5.74, 6) is -0.498. The number of nitrogens with two attached hydrogens (primary N) is 1. The minimum atomic E-state index is -3.55. The first-order valence-electron chi connectivity index (χ1n) is 5.95. The van der Waals surface area contributed by atoms with E-state index in [0.29, 0.717) is 0 Å². The summed E-state index contributed by atoms with van der Waals surface area (Å²) >= 11 is 5.72. The SMILES string of the molecule is CC(C)S(=O)(=O)C(Cl)=CC(N)CC(=O)OC(C)(C)C.